The van der Waals surface area contributed by atoms with Gasteiger partial charge in [-0.15, -0.1) is 0 Å². The first kappa shape index (κ1) is 12.0. The van der Waals surface area contributed by atoms with E-state index in [2.05, 4.69) is 4.98 Å². The Morgan fingerprint density at radius 3 is 2.50 bits per heavy atom. The van der Waals surface area contributed by atoms with Gasteiger partial charge in [-0.1, -0.05) is 12.1 Å². The highest BCUT2D eigenvalue weighted by molar-refractivity contribution is 6.12. The van der Waals surface area contributed by atoms with Gasteiger partial charge in [0.15, 0.2) is 5.78 Å². The number of benzene rings is 1. The van der Waals surface area contributed by atoms with Gasteiger partial charge in [-0.3, -0.25) is 9.59 Å². The van der Waals surface area contributed by atoms with Crippen LogP contribution in [0.25, 0.3) is 10.9 Å². The lowest BCUT2D eigenvalue weighted by Crippen LogP contribution is -2.22. The van der Waals surface area contributed by atoms with Crippen LogP contribution in [0.1, 0.15) is 27.6 Å². The van der Waals surface area contributed by atoms with Gasteiger partial charge in [0, 0.05) is 5.39 Å². The number of carbonyl (C=O) groups is 2. The van der Waals surface area contributed by atoms with Gasteiger partial charge in [0.1, 0.15) is 5.82 Å². The van der Waals surface area contributed by atoms with Crippen LogP contribution in [0.15, 0.2) is 23.0 Å². The minimum atomic E-state index is -1.44. The number of para-hydroxylation sites is 1. The van der Waals surface area contributed by atoms with Gasteiger partial charge >= 0.3 is 5.97 Å². The lowest BCUT2D eigenvalue weighted by atomic mass is 10.0. The summed E-state index contributed by atoms with van der Waals surface area (Å²) in [6.07, 6.45) is 0. The van der Waals surface area contributed by atoms with E-state index in [0.29, 0.717) is 0 Å². The Morgan fingerprint density at radius 2 is 1.94 bits per heavy atom. The van der Waals surface area contributed by atoms with Gasteiger partial charge in [-0.2, -0.15) is 0 Å². The fraction of sp³-hybridized carbons (Fsp3) is 0.0833. The third kappa shape index (κ3) is 1.67. The molecule has 0 amide bonds. The maximum Gasteiger partial charge on any atom is 0.337 e. The van der Waals surface area contributed by atoms with Gasteiger partial charge in [-0.25, -0.2) is 9.18 Å². The monoisotopic (exact) mass is 249 g/mol. The first-order valence-corrected chi connectivity index (χ1v) is 5.02. The van der Waals surface area contributed by atoms with E-state index >= 15 is 0 Å². The van der Waals surface area contributed by atoms with Crippen molar-refractivity contribution in [2.45, 2.75) is 6.92 Å². The van der Waals surface area contributed by atoms with Crippen LogP contribution in [0.4, 0.5) is 4.39 Å². The Kier molecular flexibility index (Phi) is 2.70. The predicted molar refractivity (Wildman–Crippen MR) is 61.5 cm³/mol. The van der Waals surface area contributed by atoms with E-state index in [1.54, 1.807) is 0 Å². The highest BCUT2D eigenvalue weighted by atomic mass is 19.1. The number of Topliss-reactive ketones (excluding diaryl/α,β-unsaturated/α-hetero) is 1. The molecule has 0 fully saturated rings. The summed E-state index contributed by atoms with van der Waals surface area (Å²) in [5.74, 6) is -2.87. The number of H-pyrrole nitrogens is 1. The average Bonchev–Trinajstić information content (AvgIpc) is 2.28. The van der Waals surface area contributed by atoms with E-state index in [0.717, 1.165) is 13.0 Å². The van der Waals surface area contributed by atoms with Gasteiger partial charge in [0.05, 0.1) is 16.6 Å². The van der Waals surface area contributed by atoms with Crippen LogP contribution in [-0.2, 0) is 0 Å². The number of fused-ring (bicyclic) bond motifs is 1. The van der Waals surface area contributed by atoms with Crippen molar-refractivity contribution < 1.29 is 19.1 Å². The van der Waals surface area contributed by atoms with Gasteiger partial charge in [0.2, 0.25) is 0 Å². The summed E-state index contributed by atoms with van der Waals surface area (Å²) in [7, 11) is 0. The van der Waals surface area contributed by atoms with Crippen molar-refractivity contribution in [3.8, 4) is 0 Å². The minimum absolute atomic E-state index is 0.00713. The van der Waals surface area contributed by atoms with Crippen LogP contribution >= 0.6 is 0 Å². The van der Waals surface area contributed by atoms with Crippen molar-refractivity contribution >= 4 is 22.7 Å². The molecule has 92 valence electrons. The molecule has 0 radical (unpaired) electrons. The summed E-state index contributed by atoms with van der Waals surface area (Å²) in [4.78, 5) is 36.4. The Labute approximate surface area is 99.9 Å². The lowest BCUT2D eigenvalue weighted by Gasteiger charge is -2.07. The van der Waals surface area contributed by atoms with Crippen LogP contribution in [0.5, 0.6) is 0 Å². The number of aromatic amines is 1. The zero-order valence-electron chi connectivity index (χ0n) is 9.28. The zero-order chi connectivity index (χ0) is 13.4. The second-order valence-corrected chi connectivity index (χ2v) is 3.73. The molecule has 1 aromatic heterocycles. The van der Waals surface area contributed by atoms with Crippen molar-refractivity contribution in [1.82, 2.24) is 4.98 Å². The molecule has 2 rings (SSSR count). The number of carboxylic acid groups (broad SMARTS) is 1. The number of nitrogens with one attached hydrogen (secondary N) is 1. The third-order valence-electron chi connectivity index (χ3n) is 2.56. The third-order valence-corrected chi connectivity index (χ3v) is 2.56. The number of pyridine rings is 1. The molecule has 0 aliphatic carbocycles. The number of ketones is 1. The molecule has 0 spiro atoms. The summed E-state index contributed by atoms with van der Waals surface area (Å²) in [6, 6.07) is 3.74. The van der Waals surface area contributed by atoms with Crippen LogP contribution < -0.4 is 5.56 Å². The maximum absolute atomic E-state index is 13.5. The molecule has 0 unspecified atom stereocenters. The summed E-state index contributed by atoms with van der Waals surface area (Å²) in [5, 5.41) is 9.09. The molecular formula is C12H8FNO4. The van der Waals surface area contributed by atoms with Gasteiger partial charge in [0.25, 0.3) is 5.56 Å². The second kappa shape index (κ2) is 4.06. The van der Waals surface area contributed by atoms with E-state index < -0.39 is 34.3 Å². The Bertz CT molecular complexity index is 733. The van der Waals surface area contributed by atoms with E-state index in [1.807, 2.05) is 0 Å². The summed E-state index contributed by atoms with van der Waals surface area (Å²) in [5.41, 5.74) is -2.07. The number of aromatic nitrogens is 1. The van der Waals surface area contributed by atoms with Crippen molar-refractivity contribution in [1.29, 1.82) is 0 Å². The number of halogens is 1. The molecule has 0 saturated carbocycles. The van der Waals surface area contributed by atoms with E-state index in [9.17, 15) is 18.8 Å². The fourth-order valence-corrected chi connectivity index (χ4v) is 1.84. The molecule has 0 bridgehead atoms. The van der Waals surface area contributed by atoms with Crippen molar-refractivity contribution in [2.24, 2.45) is 0 Å². The number of hydrogen-bond acceptors (Lipinski definition) is 3. The zero-order valence-corrected chi connectivity index (χ0v) is 9.28. The quantitative estimate of drug-likeness (QED) is 0.791. The van der Waals surface area contributed by atoms with Crippen LogP contribution in [0.3, 0.4) is 0 Å². The van der Waals surface area contributed by atoms with Gasteiger partial charge < -0.3 is 10.1 Å². The fourth-order valence-electron chi connectivity index (χ4n) is 1.84. The van der Waals surface area contributed by atoms with Crippen LogP contribution in [-0.4, -0.2) is 21.8 Å². The molecule has 0 aliphatic heterocycles. The van der Waals surface area contributed by atoms with E-state index in [4.69, 9.17) is 5.11 Å². The standard InChI is InChI=1S/C12H8FNO4/c1-5(15)8-9(12(17)18)6-3-2-4-7(13)10(6)14-11(8)16/h2-4H,1H3,(H,14,16)(H,17,18). The largest absolute Gasteiger partial charge is 0.478 e. The van der Waals surface area contributed by atoms with Gasteiger partial charge in [-0.05, 0) is 13.0 Å². The SMILES string of the molecule is CC(=O)c1c(C(=O)O)c2cccc(F)c2[nH]c1=O. The second-order valence-electron chi connectivity index (χ2n) is 3.73. The first-order valence-electron chi connectivity index (χ1n) is 5.02. The maximum atomic E-state index is 13.5. The molecule has 0 saturated heterocycles. The predicted octanol–water partition coefficient (Wildman–Crippen LogP) is 1.57. The number of rotatable bonds is 2. The minimum Gasteiger partial charge on any atom is -0.478 e. The van der Waals surface area contributed by atoms with Crippen molar-refractivity contribution in [2.75, 3.05) is 0 Å². The Hall–Kier alpha value is -2.50. The lowest BCUT2D eigenvalue weighted by molar-refractivity contribution is 0.0694. The molecule has 5 nitrogen and oxygen atoms in total. The number of carboxylic acids is 1. The Balaban J connectivity index is 3.09. The summed E-state index contributed by atoms with van der Waals surface area (Å²) < 4.78 is 13.5. The number of hydrogen-bond donors (Lipinski definition) is 2. The highest BCUT2D eigenvalue weighted by Gasteiger charge is 2.22. The van der Waals surface area contributed by atoms with Crippen LogP contribution in [0, 0.1) is 5.82 Å². The topological polar surface area (TPSA) is 87.2 Å². The first-order chi connectivity index (χ1) is 8.43. The molecule has 0 aliphatic rings. The Morgan fingerprint density at radius 1 is 1.28 bits per heavy atom. The van der Waals surface area contributed by atoms with Crippen molar-refractivity contribution in [3.63, 3.8) is 0 Å². The molecule has 2 aromatic rings. The van der Waals surface area contributed by atoms with Crippen molar-refractivity contribution in [3.05, 3.63) is 45.5 Å². The smallest absolute Gasteiger partial charge is 0.337 e. The van der Waals surface area contributed by atoms with E-state index in [-0.39, 0.29) is 10.9 Å². The average molecular weight is 249 g/mol. The molecule has 18 heavy (non-hydrogen) atoms. The summed E-state index contributed by atoms with van der Waals surface area (Å²) >= 11 is 0. The molecule has 1 heterocycles. The van der Waals surface area contributed by atoms with Crippen LogP contribution in [0.2, 0.25) is 0 Å². The normalized spacial score (nSPS) is 10.6. The molecule has 0 atom stereocenters. The highest BCUT2D eigenvalue weighted by Crippen LogP contribution is 2.20. The number of aromatic carboxylic acids is 1. The molecule has 6 heteroatoms. The van der Waals surface area contributed by atoms with E-state index in [1.165, 1.54) is 12.1 Å². The summed E-state index contributed by atoms with van der Waals surface area (Å²) in [6.45, 7) is 1.09. The molecule has 2 N–H and O–H groups in total. The number of carbonyl (C=O) groups excluding carboxylic acids is 1. The molecule has 1 aromatic carbocycles. The molecular weight excluding hydrogens is 241 g/mol.